The fourth-order valence-electron chi connectivity index (χ4n) is 6.49. The van der Waals surface area contributed by atoms with Gasteiger partial charge in [0.05, 0.1) is 6.04 Å². The van der Waals surface area contributed by atoms with E-state index in [0.717, 1.165) is 31.2 Å². The van der Waals surface area contributed by atoms with E-state index in [0.29, 0.717) is 5.69 Å². The lowest BCUT2D eigenvalue weighted by Gasteiger charge is -2.36. The molecular weight excluding hydrogens is 554 g/mol. The molecule has 3 fully saturated rings. The van der Waals surface area contributed by atoms with Crippen LogP contribution in [0, 0.1) is 11.3 Å². The van der Waals surface area contributed by atoms with Crippen LogP contribution in [0.25, 0.3) is 0 Å². The van der Waals surface area contributed by atoms with Gasteiger partial charge in [0.1, 0.15) is 23.7 Å². The first-order chi connectivity index (χ1) is 20.3. The molecule has 0 aromatic heterocycles. The number of likely N-dealkylation sites (tertiary alicyclic amines) is 1. The van der Waals surface area contributed by atoms with Crippen molar-refractivity contribution in [1.82, 2.24) is 20.4 Å². The number of carboxylic acids is 1. The summed E-state index contributed by atoms with van der Waals surface area (Å²) in [6, 6.07) is 4.42. The van der Waals surface area contributed by atoms with Gasteiger partial charge in [0.25, 0.3) is 0 Å². The van der Waals surface area contributed by atoms with Crippen molar-refractivity contribution in [2.45, 2.75) is 95.6 Å². The van der Waals surface area contributed by atoms with E-state index in [-0.39, 0.29) is 38.1 Å². The standard InChI is InChI=1S/C31H41N5O7/c1-5-19-15-31(19,27(39)40)34-25(37)23-14-20(35-16-18-10-6-9-13-22(18)32-28(35)41)17-36(23)26(38)24(30(2,3)4)33-29(42)43-21-11-7-8-12-21/h5-6,9-10,13,19-21,23-24H,1,7-8,11-12,14-17H2,2-4H3,(H,32,41)(H,33,42)(H,34,37)(H,39,40)/t19?,20-,23+,24-,31-/m1/s1. The molecule has 5 atom stereocenters. The number of hydrogen-bond acceptors (Lipinski definition) is 6. The molecule has 0 radical (unpaired) electrons. The van der Waals surface area contributed by atoms with E-state index in [1.807, 2.05) is 24.3 Å². The van der Waals surface area contributed by atoms with Gasteiger partial charge in [0.15, 0.2) is 0 Å². The van der Waals surface area contributed by atoms with Crippen molar-refractivity contribution in [2.75, 3.05) is 11.9 Å². The fraction of sp³-hybridized carbons (Fsp3) is 0.581. The van der Waals surface area contributed by atoms with Crippen LogP contribution in [0.3, 0.4) is 0 Å². The number of carbonyl (C=O) groups is 5. The molecule has 1 unspecified atom stereocenters. The van der Waals surface area contributed by atoms with Crippen molar-refractivity contribution in [2.24, 2.45) is 11.3 Å². The van der Waals surface area contributed by atoms with Gasteiger partial charge in [-0.3, -0.25) is 9.59 Å². The summed E-state index contributed by atoms with van der Waals surface area (Å²) >= 11 is 0. The zero-order chi connectivity index (χ0) is 31.1. The molecule has 5 rings (SSSR count). The Morgan fingerprint density at radius 3 is 2.51 bits per heavy atom. The van der Waals surface area contributed by atoms with Gasteiger partial charge >= 0.3 is 18.1 Å². The second kappa shape index (κ2) is 11.5. The SMILES string of the molecule is C=CC1C[C@]1(NC(=O)[C@@H]1C[C@@H](N2Cc3ccccc3NC2=O)CN1C(=O)[C@@H](NC(=O)OC1CCCC1)C(C)(C)C)C(=O)O. The molecule has 1 saturated heterocycles. The van der Waals surface area contributed by atoms with Gasteiger partial charge in [0, 0.05) is 24.7 Å². The van der Waals surface area contributed by atoms with E-state index in [1.54, 1.807) is 25.7 Å². The van der Waals surface area contributed by atoms with E-state index in [9.17, 15) is 29.1 Å². The molecule has 43 heavy (non-hydrogen) atoms. The Kier molecular flexibility index (Phi) is 8.15. The van der Waals surface area contributed by atoms with Crippen LogP contribution < -0.4 is 16.0 Å². The van der Waals surface area contributed by atoms with Crippen LogP contribution in [0.4, 0.5) is 15.3 Å². The zero-order valence-electron chi connectivity index (χ0n) is 24.9. The molecule has 0 spiro atoms. The summed E-state index contributed by atoms with van der Waals surface area (Å²) in [7, 11) is 0. The Morgan fingerprint density at radius 1 is 1.19 bits per heavy atom. The van der Waals surface area contributed by atoms with Crippen molar-refractivity contribution in [1.29, 1.82) is 0 Å². The van der Waals surface area contributed by atoms with Gasteiger partial charge < -0.3 is 35.6 Å². The van der Waals surface area contributed by atoms with Crippen LogP contribution in [0.2, 0.25) is 0 Å². The molecule has 12 nitrogen and oxygen atoms in total. The lowest BCUT2D eigenvalue weighted by molar-refractivity contribution is -0.146. The number of anilines is 1. The van der Waals surface area contributed by atoms with Crippen molar-refractivity contribution in [3.05, 3.63) is 42.5 Å². The third kappa shape index (κ3) is 6.05. The van der Waals surface area contributed by atoms with Crippen LogP contribution in [0.15, 0.2) is 36.9 Å². The molecule has 1 aromatic rings. The van der Waals surface area contributed by atoms with Crippen molar-refractivity contribution < 1.29 is 33.8 Å². The van der Waals surface area contributed by atoms with Gasteiger partial charge in [-0.15, -0.1) is 6.58 Å². The molecule has 1 aromatic carbocycles. The molecule has 2 aliphatic heterocycles. The molecule has 4 N–H and O–H groups in total. The van der Waals surface area contributed by atoms with Gasteiger partial charge in [0.2, 0.25) is 11.8 Å². The Bertz CT molecular complexity index is 1320. The molecule has 2 aliphatic carbocycles. The Labute approximate surface area is 251 Å². The highest BCUT2D eigenvalue weighted by molar-refractivity contribution is 5.97. The van der Waals surface area contributed by atoms with Crippen LogP contribution in [0.5, 0.6) is 0 Å². The minimum atomic E-state index is -1.49. The van der Waals surface area contributed by atoms with Gasteiger partial charge in [-0.1, -0.05) is 45.0 Å². The second-order valence-corrected chi connectivity index (χ2v) is 13.2. The van der Waals surface area contributed by atoms with E-state index < -0.39 is 58.9 Å². The number of alkyl carbamates (subject to hydrolysis) is 1. The maximum atomic E-state index is 14.2. The topological polar surface area (TPSA) is 157 Å². The summed E-state index contributed by atoms with van der Waals surface area (Å²) in [6.07, 6.45) is 4.41. The average molecular weight is 596 g/mol. The van der Waals surface area contributed by atoms with Gasteiger partial charge in [-0.2, -0.15) is 0 Å². The van der Waals surface area contributed by atoms with Crippen molar-refractivity contribution in [3.8, 4) is 0 Å². The third-order valence-electron chi connectivity index (χ3n) is 9.14. The monoisotopic (exact) mass is 595 g/mol. The van der Waals surface area contributed by atoms with E-state index >= 15 is 0 Å². The van der Waals surface area contributed by atoms with Crippen LogP contribution >= 0.6 is 0 Å². The lowest BCUT2D eigenvalue weighted by Crippen LogP contribution is -2.59. The third-order valence-corrected chi connectivity index (χ3v) is 9.14. The normalized spacial score (nSPS) is 27.5. The van der Waals surface area contributed by atoms with E-state index in [2.05, 4.69) is 22.5 Å². The lowest BCUT2D eigenvalue weighted by atomic mass is 9.85. The highest BCUT2D eigenvalue weighted by atomic mass is 16.6. The number of ether oxygens (including phenoxy) is 1. The largest absolute Gasteiger partial charge is 0.479 e. The number of carbonyl (C=O) groups excluding carboxylic acids is 4. The average Bonchev–Trinajstić information content (AvgIpc) is 3.25. The first-order valence-corrected chi connectivity index (χ1v) is 14.9. The molecule has 5 amide bonds. The Hall–Kier alpha value is -4.09. The highest BCUT2D eigenvalue weighted by Gasteiger charge is 2.61. The predicted molar refractivity (Wildman–Crippen MR) is 157 cm³/mol. The zero-order valence-corrected chi connectivity index (χ0v) is 24.9. The summed E-state index contributed by atoms with van der Waals surface area (Å²) in [5.41, 5.74) is -0.637. The van der Waals surface area contributed by atoms with Gasteiger partial charge in [-0.25, -0.2) is 14.4 Å². The summed E-state index contributed by atoms with van der Waals surface area (Å²) < 4.78 is 5.58. The predicted octanol–water partition coefficient (Wildman–Crippen LogP) is 3.23. The summed E-state index contributed by atoms with van der Waals surface area (Å²) in [6.45, 7) is 9.42. The molecule has 2 saturated carbocycles. The molecule has 232 valence electrons. The molecule has 0 bridgehead atoms. The number of para-hydroxylation sites is 1. The number of rotatable bonds is 8. The quantitative estimate of drug-likeness (QED) is 0.336. The van der Waals surface area contributed by atoms with Crippen molar-refractivity contribution >= 4 is 35.6 Å². The molecular formula is C31H41N5O7. The van der Waals surface area contributed by atoms with E-state index in [1.165, 1.54) is 11.0 Å². The number of fused-ring (bicyclic) bond motifs is 1. The number of aliphatic carboxylic acids is 1. The van der Waals surface area contributed by atoms with Crippen LogP contribution in [-0.2, 0) is 25.7 Å². The Balaban J connectivity index is 1.40. The molecule has 4 aliphatic rings. The second-order valence-electron chi connectivity index (χ2n) is 13.2. The van der Waals surface area contributed by atoms with Crippen molar-refractivity contribution in [3.63, 3.8) is 0 Å². The van der Waals surface area contributed by atoms with Gasteiger partial charge in [-0.05, 0) is 55.6 Å². The highest BCUT2D eigenvalue weighted by Crippen LogP contribution is 2.45. The number of hydrogen-bond donors (Lipinski definition) is 4. The van der Waals surface area contributed by atoms with Crippen LogP contribution in [0.1, 0.15) is 64.9 Å². The number of amides is 5. The number of urea groups is 1. The maximum Gasteiger partial charge on any atom is 0.408 e. The number of benzene rings is 1. The first-order valence-electron chi connectivity index (χ1n) is 14.9. The first kappa shape index (κ1) is 30.4. The minimum Gasteiger partial charge on any atom is -0.479 e. The van der Waals surface area contributed by atoms with E-state index in [4.69, 9.17) is 4.74 Å². The Morgan fingerprint density at radius 2 is 1.88 bits per heavy atom. The number of nitrogens with one attached hydrogen (secondary N) is 3. The summed E-state index contributed by atoms with van der Waals surface area (Å²) in [4.78, 5) is 69.2. The summed E-state index contributed by atoms with van der Waals surface area (Å²) in [5, 5.41) is 18.2. The smallest absolute Gasteiger partial charge is 0.408 e. The number of carboxylic acid groups (broad SMARTS) is 1. The fourth-order valence-corrected chi connectivity index (χ4v) is 6.49. The van der Waals surface area contributed by atoms with Crippen LogP contribution in [-0.4, -0.2) is 81.1 Å². The maximum absolute atomic E-state index is 14.2. The minimum absolute atomic E-state index is 0.0311. The number of nitrogens with zero attached hydrogens (tertiary/aromatic N) is 2. The molecule has 2 heterocycles. The molecule has 12 heteroatoms. The summed E-state index contributed by atoms with van der Waals surface area (Å²) in [5.74, 6) is -2.73.